The smallest absolute Gasteiger partial charge is 0.185 e. The standard InChI is InChI=1S/C9H14N2O2S.C6H8OS/c1-12-7-8-6-10-9(14-8)11-2-4-13-5-3-11;1-7-4-6-2-3-8-5-6/h6H,2-5,7H2,1H3;2-3,5H,4H2,1H3. The van der Waals surface area contributed by atoms with E-state index in [2.05, 4.69) is 21.3 Å². The molecule has 0 atom stereocenters. The van der Waals surface area contributed by atoms with Gasteiger partial charge in [-0.25, -0.2) is 4.98 Å². The Morgan fingerprint density at radius 3 is 2.64 bits per heavy atom. The molecular formula is C15H22N2O3S2. The Morgan fingerprint density at radius 1 is 1.23 bits per heavy atom. The van der Waals surface area contributed by atoms with Gasteiger partial charge >= 0.3 is 0 Å². The maximum absolute atomic E-state index is 5.29. The fourth-order valence-electron chi connectivity index (χ4n) is 1.95. The van der Waals surface area contributed by atoms with Crippen molar-refractivity contribution in [1.82, 2.24) is 4.98 Å². The highest BCUT2D eigenvalue weighted by molar-refractivity contribution is 7.15. The second kappa shape index (κ2) is 9.91. The number of ether oxygens (including phenoxy) is 3. The van der Waals surface area contributed by atoms with Crippen LogP contribution in [0.1, 0.15) is 10.4 Å². The summed E-state index contributed by atoms with van der Waals surface area (Å²) >= 11 is 3.40. The summed E-state index contributed by atoms with van der Waals surface area (Å²) in [5, 5.41) is 5.22. The molecule has 0 spiro atoms. The van der Waals surface area contributed by atoms with Crippen LogP contribution in [0, 0.1) is 0 Å². The minimum Gasteiger partial charge on any atom is -0.380 e. The van der Waals surface area contributed by atoms with Crippen LogP contribution in [0.15, 0.2) is 23.0 Å². The fourth-order valence-corrected chi connectivity index (χ4v) is 3.54. The Morgan fingerprint density at radius 2 is 2.00 bits per heavy atom. The van der Waals surface area contributed by atoms with Crippen molar-refractivity contribution in [2.75, 3.05) is 45.4 Å². The van der Waals surface area contributed by atoms with Gasteiger partial charge in [0.05, 0.1) is 31.3 Å². The van der Waals surface area contributed by atoms with Gasteiger partial charge in [-0.2, -0.15) is 11.3 Å². The lowest BCUT2D eigenvalue weighted by Crippen LogP contribution is -2.36. The van der Waals surface area contributed by atoms with Crippen LogP contribution in [-0.2, 0) is 27.4 Å². The molecule has 1 aliphatic heterocycles. The van der Waals surface area contributed by atoms with E-state index in [4.69, 9.17) is 14.2 Å². The van der Waals surface area contributed by atoms with E-state index in [0.29, 0.717) is 6.61 Å². The number of anilines is 1. The number of nitrogens with zero attached hydrogens (tertiary/aromatic N) is 2. The van der Waals surface area contributed by atoms with E-state index >= 15 is 0 Å². The maximum atomic E-state index is 5.29. The van der Waals surface area contributed by atoms with Crippen LogP contribution in [0.3, 0.4) is 0 Å². The predicted octanol–water partition coefficient (Wildman–Crippen LogP) is 3.02. The quantitative estimate of drug-likeness (QED) is 0.836. The lowest BCUT2D eigenvalue weighted by atomic mass is 10.4. The molecule has 0 bridgehead atoms. The summed E-state index contributed by atoms with van der Waals surface area (Å²) in [6.07, 6.45) is 1.89. The van der Waals surface area contributed by atoms with Crippen molar-refractivity contribution >= 4 is 27.8 Å². The molecule has 0 saturated carbocycles. The summed E-state index contributed by atoms with van der Waals surface area (Å²) in [5.41, 5.74) is 1.26. The van der Waals surface area contributed by atoms with Crippen LogP contribution in [0.4, 0.5) is 5.13 Å². The molecule has 3 rings (SSSR count). The van der Waals surface area contributed by atoms with Crippen molar-refractivity contribution in [3.05, 3.63) is 33.5 Å². The third-order valence-corrected chi connectivity index (χ3v) is 4.76. The number of hydrogen-bond donors (Lipinski definition) is 0. The molecule has 22 heavy (non-hydrogen) atoms. The normalized spacial score (nSPS) is 14.5. The number of hydrogen-bond acceptors (Lipinski definition) is 7. The summed E-state index contributed by atoms with van der Waals surface area (Å²) in [6.45, 7) is 4.89. The van der Waals surface area contributed by atoms with Crippen LogP contribution in [0.25, 0.3) is 0 Å². The van der Waals surface area contributed by atoms with Gasteiger partial charge < -0.3 is 19.1 Å². The van der Waals surface area contributed by atoms with Crippen LogP contribution < -0.4 is 4.90 Å². The van der Waals surface area contributed by atoms with Crippen molar-refractivity contribution in [3.63, 3.8) is 0 Å². The monoisotopic (exact) mass is 342 g/mol. The second-order valence-electron chi connectivity index (χ2n) is 4.71. The van der Waals surface area contributed by atoms with Crippen LogP contribution in [-0.4, -0.2) is 45.5 Å². The Kier molecular flexibility index (Phi) is 7.82. The molecule has 7 heteroatoms. The first kappa shape index (κ1) is 17.4. The second-order valence-corrected chi connectivity index (χ2v) is 6.58. The van der Waals surface area contributed by atoms with Crippen molar-refractivity contribution in [3.8, 4) is 0 Å². The van der Waals surface area contributed by atoms with Crippen LogP contribution >= 0.6 is 22.7 Å². The minimum absolute atomic E-state index is 0.655. The van der Waals surface area contributed by atoms with E-state index in [-0.39, 0.29) is 0 Å². The molecule has 0 unspecified atom stereocenters. The molecule has 1 aliphatic rings. The third kappa shape index (κ3) is 5.66. The summed E-state index contributed by atoms with van der Waals surface area (Å²) in [7, 11) is 3.41. The van der Waals surface area contributed by atoms with Gasteiger partial charge in [0.15, 0.2) is 5.13 Å². The number of methoxy groups -OCH3 is 2. The van der Waals surface area contributed by atoms with E-state index in [1.165, 1.54) is 10.4 Å². The highest BCUT2D eigenvalue weighted by atomic mass is 32.1. The van der Waals surface area contributed by atoms with Gasteiger partial charge in [-0.3, -0.25) is 0 Å². The number of rotatable bonds is 5. The summed E-state index contributed by atoms with van der Waals surface area (Å²) < 4.78 is 15.2. The summed E-state index contributed by atoms with van der Waals surface area (Å²) in [4.78, 5) is 7.80. The SMILES string of the molecule is COCc1ccsc1.COCc1cnc(N2CCOCC2)s1. The number of morpholine rings is 1. The first-order chi connectivity index (χ1) is 10.8. The molecule has 0 radical (unpaired) electrons. The Hall–Kier alpha value is -0.990. The molecule has 0 N–H and O–H groups in total. The molecule has 3 heterocycles. The van der Waals surface area contributed by atoms with E-state index in [0.717, 1.165) is 38.0 Å². The molecule has 2 aromatic heterocycles. The lowest BCUT2D eigenvalue weighted by molar-refractivity contribution is 0.122. The van der Waals surface area contributed by atoms with Gasteiger partial charge in [0.2, 0.25) is 0 Å². The zero-order chi connectivity index (χ0) is 15.6. The number of thiazole rings is 1. The van der Waals surface area contributed by atoms with Gasteiger partial charge in [0, 0.05) is 33.5 Å². The van der Waals surface area contributed by atoms with Gasteiger partial charge in [0.25, 0.3) is 0 Å². The minimum atomic E-state index is 0.655. The van der Waals surface area contributed by atoms with E-state index in [9.17, 15) is 0 Å². The number of thiophene rings is 1. The molecule has 1 fully saturated rings. The van der Waals surface area contributed by atoms with Crippen molar-refractivity contribution in [1.29, 1.82) is 0 Å². The van der Waals surface area contributed by atoms with Crippen LogP contribution in [0.5, 0.6) is 0 Å². The van der Waals surface area contributed by atoms with Gasteiger partial charge in [-0.05, 0) is 22.4 Å². The molecule has 5 nitrogen and oxygen atoms in total. The van der Waals surface area contributed by atoms with E-state index in [1.807, 2.05) is 11.6 Å². The van der Waals surface area contributed by atoms with Crippen molar-refractivity contribution < 1.29 is 14.2 Å². The Balaban J connectivity index is 0.000000188. The summed E-state index contributed by atoms with van der Waals surface area (Å²) in [6, 6.07) is 2.06. The average Bonchev–Trinajstić information content (AvgIpc) is 3.22. The van der Waals surface area contributed by atoms with E-state index < -0.39 is 0 Å². The predicted molar refractivity (Wildman–Crippen MR) is 90.9 cm³/mol. The summed E-state index contributed by atoms with van der Waals surface area (Å²) in [5.74, 6) is 0. The van der Waals surface area contributed by atoms with Crippen molar-refractivity contribution in [2.24, 2.45) is 0 Å². The molecule has 2 aromatic rings. The topological polar surface area (TPSA) is 43.8 Å². The number of aromatic nitrogens is 1. The highest BCUT2D eigenvalue weighted by Gasteiger charge is 2.14. The van der Waals surface area contributed by atoms with Gasteiger partial charge in [0.1, 0.15) is 0 Å². The van der Waals surface area contributed by atoms with Gasteiger partial charge in [-0.1, -0.05) is 11.3 Å². The molecule has 122 valence electrons. The Labute approximate surface area is 139 Å². The van der Waals surface area contributed by atoms with Crippen molar-refractivity contribution in [2.45, 2.75) is 13.2 Å². The molecule has 0 aliphatic carbocycles. The largest absolute Gasteiger partial charge is 0.380 e. The third-order valence-electron chi connectivity index (χ3n) is 3.00. The van der Waals surface area contributed by atoms with E-state index in [1.54, 1.807) is 36.9 Å². The zero-order valence-electron chi connectivity index (χ0n) is 13.0. The lowest BCUT2D eigenvalue weighted by Gasteiger charge is -2.25. The molecule has 0 aromatic carbocycles. The molecule has 1 saturated heterocycles. The Bertz CT molecular complexity index is 511. The molecule has 0 amide bonds. The van der Waals surface area contributed by atoms with Gasteiger partial charge in [-0.15, -0.1) is 0 Å². The maximum Gasteiger partial charge on any atom is 0.185 e. The molecular weight excluding hydrogens is 320 g/mol. The fraction of sp³-hybridized carbons (Fsp3) is 0.533. The first-order valence-electron chi connectivity index (χ1n) is 7.10. The first-order valence-corrected chi connectivity index (χ1v) is 8.85. The average molecular weight is 342 g/mol. The van der Waals surface area contributed by atoms with Crippen LogP contribution in [0.2, 0.25) is 0 Å². The highest BCUT2D eigenvalue weighted by Crippen LogP contribution is 2.23. The zero-order valence-corrected chi connectivity index (χ0v) is 14.6.